The highest BCUT2D eigenvalue weighted by Crippen LogP contribution is 2.26. The summed E-state index contributed by atoms with van der Waals surface area (Å²) in [7, 11) is 0. The second-order valence-corrected chi connectivity index (χ2v) is 6.37. The molecule has 0 amide bonds. The summed E-state index contributed by atoms with van der Waals surface area (Å²) in [6, 6.07) is 11.6. The quantitative estimate of drug-likeness (QED) is 0.456. The summed E-state index contributed by atoms with van der Waals surface area (Å²) in [5.41, 5.74) is 0.460. The van der Waals surface area contributed by atoms with Gasteiger partial charge in [0.15, 0.2) is 6.61 Å². The lowest BCUT2D eigenvalue weighted by atomic mass is 10.2. The summed E-state index contributed by atoms with van der Waals surface area (Å²) in [6.45, 7) is 0.0448. The maximum atomic E-state index is 12.2. The van der Waals surface area contributed by atoms with Gasteiger partial charge in [0.1, 0.15) is 11.5 Å². The Morgan fingerprint density at radius 2 is 1.69 bits per heavy atom. The number of alkyl halides is 3. The first kappa shape index (κ1) is 21.0. The van der Waals surface area contributed by atoms with Crippen molar-refractivity contribution in [2.24, 2.45) is 0 Å². The van der Waals surface area contributed by atoms with E-state index in [1.165, 1.54) is 12.1 Å². The number of H-pyrrole nitrogens is 1. The van der Waals surface area contributed by atoms with Gasteiger partial charge in [0.05, 0.1) is 6.54 Å². The van der Waals surface area contributed by atoms with Gasteiger partial charge in [-0.25, -0.2) is 14.6 Å². The van der Waals surface area contributed by atoms with Crippen LogP contribution in [-0.4, -0.2) is 26.2 Å². The first-order valence-electron chi connectivity index (χ1n) is 8.96. The number of nitrogens with zero attached hydrogens (tertiary/aromatic N) is 3. The number of hydrogen-bond acceptors (Lipinski definition) is 8. The summed E-state index contributed by atoms with van der Waals surface area (Å²) in [5, 5.41) is 3.77. The van der Waals surface area contributed by atoms with Gasteiger partial charge < -0.3 is 18.5 Å². The van der Waals surface area contributed by atoms with Gasteiger partial charge in [-0.3, -0.25) is 0 Å². The fourth-order valence-corrected chi connectivity index (χ4v) is 2.65. The number of halogens is 3. The number of nitrogens with one attached hydrogen (secondary N) is 1. The lowest BCUT2D eigenvalue weighted by Crippen LogP contribution is -2.17. The minimum Gasteiger partial charge on any atom is -0.485 e. The molecule has 4 aromatic rings. The summed E-state index contributed by atoms with van der Waals surface area (Å²) in [6.07, 6.45) is -4.77. The van der Waals surface area contributed by atoms with E-state index < -0.39 is 17.8 Å². The third kappa shape index (κ3) is 5.24. The third-order valence-electron chi connectivity index (χ3n) is 4.05. The van der Waals surface area contributed by atoms with Gasteiger partial charge in [0.2, 0.25) is 5.82 Å². The van der Waals surface area contributed by atoms with Crippen LogP contribution in [0.2, 0.25) is 0 Å². The molecule has 0 aliphatic carbocycles. The van der Waals surface area contributed by atoms with Crippen LogP contribution in [0.25, 0.3) is 11.5 Å². The standard InChI is InChI=1S/C19H13F3N4O6/c20-19(21,22)30-14-7-3-12(4-8-14)16-23-15(25-31-16)10-29-13-5-1-11(2-6-13)9-26-17(27)24-18(28)32-26/h1-8H,9-10H2,(H,24,27,28). The zero-order valence-corrected chi connectivity index (χ0v) is 16.0. The van der Waals surface area contributed by atoms with E-state index in [1.54, 1.807) is 24.3 Å². The van der Waals surface area contributed by atoms with Crippen LogP contribution < -0.4 is 20.9 Å². The predicted molar refractivity (Wildman–Crippen MR) is 99.9 cm³/mol. The minimum atomic E-state index is -4.77. The average Bonchev–Trinajstić information content (AvgIpc) is 3.33. The van der Waals surface area contributed by atoms with Crippen molar-refractivity contribution in [2.45, 2.75) is 19.5 Å². The number of benzene rings is 2. The average molecular weight is 450 g/mol. The van der Waals surface area contributed by atoms with Gasteiger partial charge in [-0.15, -0.1) is 17.9 Å². The summed E-state index contributed by atoms with van der Waals surface area (Å²) in [4.78, 5) is 28.6. The second-order valence-electron chi connectivity index (χ2n) is 6.37. The number of rotatable bonds is 7. The normalized spacial score (nSPS) is 11.5. The summed E-state index contributed by atoms with van der Waals surface area (Å²) in [5.74, 6) is -0.385. The van der Waals surface area contributed by atoms with Crippen molar-refractivity contribution >= 4 is 0 Å². The molecule has 0 unspecified atom stereocenters. The molecular weight excluding hydrogens is 437 g/mol. The molecule has 0 spiro atoms. The van der Waals surface area contributed by atoms with Crippen LogP contribution in [0.1, 0.15) is 11.4 Å². The van der Waals surface area contributed by atoms with Crippen LogP contribution in [0.4, 0.5) is 13.2 Å². The smallest absolute Gasteiger partial charge is 0.485 e. The van der Waals surface area contributed by atoms with Crippen LogP contribution in [0, 0.1) is 0 Å². The Balaban J connectivity index is 1.34. The Bertz CT molecular complexity index is 1300. The van der Waals surface area contributed by atoms with E-state index in [0.717, 1.165) is 16.9 Å². The Labute approximate surface area is 175 Å². The molecule has 0 bridgehead atoms. The van der Waals surface area contributed by atoms with Crippen LogP contribution >= 0.6 is 0 Å². The van der Waals surface area contributed by atoms with Gasteiger partial charge in [-0.1, -0.05) is 17.3 Å². The van der Waals surface area contributed by atoms with E-state index in [9.17, 15) is 22.8 Å². The molecule has 13 heteroatoms. The molecule has 0 aliphatic rings. The molecular formula is C19H13F3N4O6. The molecule has 0 atom stereocenters. The molecule has 0 radical (unpaired) electrons. The number of aromatic amines is 1. The Hall–Kier alpha value is -4.29. The molecule has 0 saturated carbocycles. The van der Waals surface area contributed by atoms with E-state index in [0.29, 0.717) is 16.9 Å². The van der Waals surface area contributed by atoms with E-state index in [4.69, 9.17) is 13.8 Å². The van der Waals surface area contributed by atoms with Crippen molar-refractivity contribution in [3.05, 3.63) is 81.0 Å². The number of hydrogen-bond donors (Lipinski definition) is 1. The summed E-state index contributed by atoms with van der Waals surface area (Å²) < 4.78 is 56.7. The van der Waals surface area contributed by atoms with Crippen molar-refractivity contribution in [1.82, 2.24) is 19.9 Å². The maximum Gasteiger partial charge on any atom is 0.573 e. The molecule has 2 aromatic carbocycles. The van der Waals surface area contributed by atoms with Crippen LogP contribution in [0.5, 0.6) is 11.5 Å². The molecule has 0 saturated heterocycles. The van der Waals surface area contributed by atoms with Crippen LogP contribution in [0.15, 0.2) is 67.2 Å². The topological polar surface area (TPSA) is 125 Å². The third-order valence-corrected chi connectivity index (χ3v) is 4.05. The molecule has 166 valence electrons. The zero-order valence-electron chi connectivity index (χ0n) is 16.0. The number of aromatic nitrogens is 4. The van der Waals surface area contributed by atoms with E-state index in [2.05, 4.69) is 14.9 Å². The summed E-state index contributed by atoms with van der Waals surface area (Å²) >= 11 is 0. The molecule has 2 heterocycles. The Morgan fingerprint density at radius 1 is 1.00 bits per heavy atom. The molecule has 0 fully saturated rings. The minimum absolute atomic E-state index is 0.0236. The van der Waals surface area contributed by atoms with Gasteiger partial charge >= 0.3 is 17.8 Å². The SMILES string of the molecule is O=c1[nH]c(=O)n(Cc2ccc(OCc3noc(-c4ccc(OC(F)(F)F)cc4)n3)cc2)o1. The van der Waals surface area contributed by atoms with Gasteiger partial charge in [-0.05, 0) is 42.0 Å². The van der Waals surface area contributed by atoms with Crippen molar-refractivity contribution in [3.63, 3.8) is 0 Å². The first-order valence-corrected chi connectivity index (χ1v) is 8.96. The first-order chi connectivity index (χ1) is 15.2. The van der Waals surface area contributed by atoms with Crippen molar-refractivity contribution in [3.8, 4) is 23.0 Å². The lowest BCUT2D eigenvalue weighted by molar-refractivity contribution is -0.274. The Kier molecular flexibility index (Phi) is 5.54. The van der Waals surface area contributed by atoms with Crippen molar-refractivity contribution < 1.29 is 31.7 Å². The van der Waals surface area contributed by atoms with Crippen LogP contribution in [0.3, 0.4) is 0 Å². The number of ether oxygens (including phenoxy) is 2. The fourth-order valence-electron chi connectivity index (χ4n) is 2.65. The van der Waals surface area contributed by atoms with Crippen LogP contribution in [-0.2, 0) is 13.2 Å². The molecule has 2 aromatic heterocycles. The predicted octanol–water partition coefficient (Wildman–Crippen LogP) is 2.71. The molecule has 32 heavy (non-hydrogen) atoms. The van der Waals surface area contributed by atoms with E-state index >= 15 is 0 Å². The molecule has 4 rings (SSSR count). The highest BCUT2D eigenvalue weighted by atomic mass is 19.4. The van der Waals surface area contributed by atoms with E-state index in [1.807, 2.05) is 4.98 Å². The van der Waals surface area contributed by atoms with Crippen molar-refractivity contribution in [1.29, 1.82) is 0 Å². The highest BCUT2D eigenvalue weighted by molar-refractivity contribution is 5.54. The van der Waals surface area contributed by atoms with Gasteiger partial charge in [0, 0.05) is 5.56 Å². The molecule has 10 nitrogen and oxygen atoms in total. The van der Waals surface area contributed by atoms with Gasteiger partial charge in [-0.2, -0.15) is 4.98 Å². The fraction of sp³-hybridized carbons (Fsp3) is 0.158. The Morgan fingerprint density at radius 3 is 2.31 bits per heavy atom. The zero-order chi connectivity index (χ0) is 22.7. The van der Waals surface area contributed by atoms with Gasteiger partial charge in [0.25, 0.3) is 5.89 Å². The lowest BCUT2D eigenvalue weighted by Gasteiger charge is -2.08. The maximum absolute atomic E-state index is 12.2. The largest absolute Gasteiger partial charge is 0.573 e. The molecule has 0 aliphatic heterocycles. The van der Waals surface area contributed by atoms with Crippen molar-refractivity contribution in [2.75, 3.05) is 0 Å². The monoisotopic (exact) mass is 450 g/mol. The molecule has 1 N–H and O–H groups in total. The second kappa shape index (κ2) is 8.45. The van der Waals surface area contributed by atoms with E-state index in [-0.39, 0.29) is 30.6 Å². The highest BCUT2D eigenvalue weighted by Gasteiger charge is 2.31.